The fourth-order valence-electron chi connectivity index (χ4n) is 3.83. The molecular weight excluding hydrogens is 322 g/mol. The van der Waals surface area contributed by atoms with Gasteiger partial charge in [0, 0.05) is 24.8 Å². The van der Waals surface area contributed by atoms with Crippen LogP contribution in [0.4, 0.5) is 0 Å². The minimum absolute atomic E-state index is 0.121. The molecule has 1 aliphatic heterocycles. The zero-order chi connectivity index (χ0) is 17.8. The number of aliphatic hydroxyl groups is 1. The maximum Gasteiger partial charge on any atom is 0.0681 e. The first-order valence-corrected chi connectivity index (χ1v) is 9.30. The van der Waals surface area contributed by atoms with Crippen molar-refractivity contribution in [3.8, 4) is 5.69 Å². The van der Waals surface area contributed by atoms with Crippen molar-refractivity contribution in [1.29, 1.82) is 0 Å². The first-order valence-electron chi connectivity index (χ1n) is 9.30. The molecule has 0 spiro atoms. The minimum atomic E-state index is 0.121. The number of hydrogen-bond donors (Lipinski definition) is 1. The number of rotatable bonds is 6. The Kier molecular flexibility index (Phi) is 5.14. The topological polar surface area (TPSA) is 41.3 Å². The van der Waals surface area contributed by atoms with Gasteiger partial charge in [-0.25, -0.2) is 4.68 Å². The molecule has 1 atom stereocenters. The maximum atomic E-state index is 9.30. The third-order valence-corrected chi connectivity index (χ3v) is 5.13. The predicted octanol–water partition coefficient (Wildman–Crippen LogP) is 3.43. The van der Waals surface area contributed by atoms with E-state index in [1.165, 1.54) is 17.5 Å². The van der Waals surface area contributed by atoms with Gasteiger partial charge in [0.25, 0.3) is 0 Å². The van der Waals surface area contributed by atoms with Gasteiger partial charge < -0.3 is 5.11 Å². The second-order valence-corrected chi connectivity index (χ2v) is 7.20. The SMILES string of the molecule is OCc1cccc(CC2CCN(Cc3cnn(-c4ccccc4)c3)C2)c1. The number of para-hydroxylation sites is 1. The molecular formula is C22H25N3O. The number of aromatic nitrogens is 2. The summed E-state index contributed by atoms with van der Waals surface area (Å²) in [6.07, 6.45) is 6.43. The Morgan fingerprint density at radius 2 is 1.85 bits per heavy atom. The summed E-state index contributed by atoms with van der Waals surface area (Å²) < 4.78 is 1.95. The van der Waals surface area contributed by atoms with Crippen LogP contribution >= 0.6 is 0 Å². The quantitative estimate of drug-likeness (QED) is 0.743. The summed E-state index contributed by atoms with van der Waals surface area (Å²) in [5.74, 6) is 0.688. The fraction of sp³-hybridized carbons (Fsp3) is 0.318. The Balaban J connectivity index is 1.34. The van der Waals surface area contributed by atoms with E-state index < -0.39 is 0 Å². The lowest BCUT2D eigenvalue weighted by Crippen LogP contribution is -2.20. The molecule has 0 saturated carbocycles. The molecule has 0 bridgehead atoms. The van der Waals surface area contributed by atoms with Crippen LogP contribution in [0.15, 0.2) is 67.0 Å². The standard InChI is InChI=1S/C22H25N3O/c26-17-20-6-4-5-18(12-20)11-19-9-10-24(14-19)15-21-13-23-25(16-21)22-7-2-1-3-8-22/h1-8,12-13,16,19,26H,9-11,14-15,17H2. The van der Waals surface area contributed by atoms with E-state index in [0.29, 0.717) is 5.92 Å². The smallest absolute Gasteiger partial charge is 0.0681 e. The second kappa shape index (κ2) is 7.85. The Hall–Kier alpha value is -2.43. The Labute approximate surface area is 154 Å². The van der Waals surface area contributed by atoms with Crippen molar-refractivity contribution in [2.75, 3.05) is 13.1 Å². The van der Waals surface area contributed by atoms with Crippen LogP contribution in [0.3, 0.4) is 0 Å². The second-order valence-electron chi connectivity index (χ2n) is 7.20. The van der Waals surface area contributed by atoms with Crippen LogP contribution < -0.4 is 0 Å². The molecule has 0 radical (unpaired) electrons. The zero-order valence-corrected chi connectivity index (χ0v) is 15.0. The van der Waals surface area contributed by atoms with Crippen molar-refractivity contribution in [3.63, 3.8) is 0 Å². The molecule has 2 heterocycles. The monoisotopic (exact) mass is 347 g/mol. The highest BCUT2D eigenvalue weighted by Gasteiger charge is 2.23. The van der Waals surface area contributed by atoms with Gasteiger partial charge in [0.15, 0.2) is 0 Å². The van der Waals surface area contributed by atoms with Crippen LogP contribution in [-0.2, 0) is 19.6 Å². The van der Waals surface area contributed by atoms with Gasteiger partial charge in [-0.1, -0.05) is 42.5 Å². The Bertz CT molecular complexity index is 843. The molecule has 4 heteroatoms. The largest absolute Gasteiger partial charge is 0.392 e. The summed E-state index contributed by atoms with van der Waals surface area (Å²) in [5, 5.41) is 13.8. The van der Waals surface area contributed by atoms with Crippen molar-refractivity contribution < 1.29 is 5.11 Å². The summed E-state index contributed by atoms with van der Waals surface area (Å²) >= 11 is 0. The summed E-state index contributed by atoms with van der Waals surface area (Å²) in [6, 6.07) is 18.6. The third-order valence-electron chi connectivity index (χ3n) is 5.13. The fourth-order valence-corrected chi connectivity index (χ4v) is 3.83. The van der Waals surface area contributed by atoms with Crippen LogP contribution in [-0.4, -0.2) is 32.9 Å². The molecule has 1 aromatic heterocycles. The highest BCUT2D eigenvalue weighted by atomic mass is 16.3. The highest BCUT2D eigenvalue weighted by molar-refractivity contribution is 5.31. The Morgan fingerprint density at radius 1 is 1.00 bits per heavy atom. The first-order chi connectivity index (χ1) is 12.8. The lowest BCUT2D eigenvalue weighted by molar-refractivity contribution is 0.281. The molecule has 1 N–H and O–H groups in total. The minimum Gasteiger partial charge on any atom is -0.392 e. The van der Waals surface area contributed by atoms with Gasteiger partial charge in [-0.3, -0.25) is 4.90 Å². The Morgan fingerprint density at radius 3 is 2.69 bits per heavy atom. The van der Waals surface area contributed by atoms with Crippen LogP contribution in [0.2, 0.25) is 0 Å². The van der Waals surface area contributed by atoms with E-state index in [0.717, 1.165) is 37.3 Å². The van der Waals surface area contributed by atoms with Crippen molar-refractivity contribution in [1.82, 2.24) is 14.7 Å². The molecule has 1 unspecified atom stereocenters. The van der Waals surface area contributed by atoms with E-state index in [1.54, 1.807) is 0 Å². The van der Waals surface area contributed by atoms with E-state index in [9.17, 15) is 5.11 Å². The molecule has 1 saturated heterocycles. The van der Waals surface area contributed by atoms with E-state index in [1.807, 2.05) is 41.2 Å². The average Bonchev–Trinajstić information content (AvgIpc) is 3.33. The molecule has 4 nitrogen and oxygen atoms in total. The van der Waals surface area contributed by atoms with Crippen LogP contribution in [0.25, 0.3) is 5.69 Å². The van der Waals surface area contributed by atoms with Gasteiger partial charge >= 0.3 is 0 Å². The molecule has 4 rings (SSSR count). The number of benzene rings is 2. The molecule has 1 fully saturated rings. The van der Waals surface area contributed by atoms with Crippen LogP contribution in [0.1, 0.15) is 23.1 Å². The lowest BCUT2D eigenvalue weighted by Gasteiger charge is -2.15. The van der Waals surface area contributed by atoms with Gasteiger partial charge in [-0.2, -0.15) is 5.10 Å². The summed E-state index contributed by atoms with van der Waals surface area (Å²) in [5.41, 5.74) is 4.70. The van der Waals surface area contributed by atoms with Crippen LogP contribution in [0.5, 0.6) is 0 Å². The van der Waals surface area contributed by atoms with Crippen LogP contribution in [0, 0.1) is 5.92 Å². The molecule has 0 aliphatic carbocycles. The molecule has 2 aromatic carbocycles. The molecule has 26 heavy (non-hydrogen) atoms. The summed E-state index contributed by atoms with van der Waals surface area (Å²) in [7, 11) is 0. The lowest BCUT2D eigenvalue weighted by atomic mass is 9.97. The van der Waals surface area contributed by atoms with Crippen molar-refractivity contribution in [3.05, 3.63) is 83.7 Å². The third kappa shape index (κ3) is 4.03. The zero-order valence-electron chi connectivity index (χ0n) is 15.0. The van der Waals surface area contributed by atoms with Crippen molar-refractivity contribution in [2.45, 2.75) is 26.0 Å². The van der Waals surface area contributed by atoms with E-state index in [-0.39, 0.29) is 6.61 Å². The van der Waals surface area contributed by atoms with Gasteiger partial charge in [0.05, 0.1) is 18.5 Å². The number of nitrogens with zero attached hydrogens (tertiary/aromatic N) is 3. The number of hydrogen-bond acceptors (Lipinski definition) is 3. The number of aliphatic hydroxyl groups excluding tert-OH is 1. The van der Waals surface area contributed by atoms with Crippen molar-refractivity contribution in [2.24, 2.45) is 5.92 Å². The highest BCUT2D eigenvalue weighted by Crippen LogP contribution is 2.23. The average molecular weight is 347 g/mol. The van der Waals surface area contributed by atoms with E-state index >= 15 is 0 Å². The molecule has 3 aromatic rings. The summed E-state index contributed by atoms with van der Waals surface area (Å²) in [6.45, 7) is 3.34. The molecule has 134 valence electrons. The predicted molar refractivity (Wildman–Crippen MR) is 103 cm³/mol. The van der Waals surface area contributed by atoms with Gasteiger partial charge in [-0.05, 0) is 48.6 Å². The molecule has 0 amide bonds. The number of likely N-dealkylation sites (tertiary alicyclic amines) is 1. The molecule has 1 aliphatic rings. The maximum absolute atomic E-state index is 9.30. The normalized spacial score (nSPS) is 17.7. The summed E-state index contributed by atoms with van der Waals surface area (Å²) in [4.78, 5) is 2.52. The van der Waals surface area contributed by atoms with Gasteiger partial charge in [0.1, 0.15) is 0 Å². The van der Waals surface area contributed by atoms with E-state index in [2.05, 4.69) is 40.5 Å². The van der Waals surface area contributed by atoms with Crippen molar-refractivity contribution >= 4 is 0 Å². The first kappa shape index (κ1) is 17.0. The van der Waals surface area contributed by atoms with Gasteiger partial charge in [0.2, 0.25) is 0 Å². The van der Waals surface area contributed by atoms with Gasteiger partial charge in [-0.15, -0.1) is 0 Å². The van der Waals surface area contributed by atoms with E-state index in [4.69, 9.17) is 0 Å².